The fourth-order valence-electron chi connectivity index (χ4n) is 3.62. The first-order valence-corrected chi connectivity index (χ1v) is 9.59. The fraction of sp³-hybridized carbons (Fsp3) is 0.227. The number of halogens is 1. The molecule has 0 unspecified atom stereocenters. The van der Waals surface area contributed by atoms with Gasteiger partial charge in [-0.25, -0.2) is 0 Å². The molecule has 0 fully saturated rings. The van der Waals surface area contributed by atoms with Crippen LogP contribution in [-0.4, -0.2) is 18.1 Å². The highest BCUT2D eigenvalue weighted by Gasteiger charge is 2.33. The zero-order valence-corrected chi connectivity index (χ0v) is 16.4. The number of rotatable bonds is 3. The third kappa shape index (κ3) is 3.10. The molecule has 1 aliphatic heterocycles. The Morgan fingerprint density at radius 2 is 1.85 bits per heavy atom. The quantitative estimate of drug-likeness (QED) is 0.583. The smallest absolute Gasteiger partial charge is 0.268 e. The van der Waals surface area contributed by atoms with Crippen LogP contribution in [0.1, 0.15) is 19.4 Å². The molecule has 0 aromatic heterocycles. The van der Waals surface area contributed by atoms with Crippen molar-refractivity contribution in [2.45, 2.75) is 32.4 Å². The van der Waals surface area contributed by atoms with E-state index in [1.54, 1.807) is 0 Å². The molecule has 0 bridgehead atoms. The Balaban J connectivity index is 1.55. The Morgan fingerprint density at radius 1 is 1.12 bits per heavy atom. The highest BCUT2D eigenvalue weighted by atomic mass is 79.9. The Hall–Kier alpha value is -2.33. The van der Waals surface area contributed by atoms with Gasteiger partial charge in [0.1, 0.15) is 5.75 Å². The maximum absolute atomic E-state index is 13.0. The molecule has 0 spiro atoms. The number of carbonyl (C=O) groups excluding carboxylic acids is 1. The average molecular weight is 410 g/mol. The summed E-state index contributed by atoms with van der Waals surface area (Å²) in [5.41, 5.74) is 2.22. The van der Waals surface area contributed by atoms with Gasteiger partial charge in [0.15, 0.2) is 6.10 Å². The van der Waals surface area contributed by atoms with Crippen LogP contribution in [-0.2, 0) is 11.2 Å². The lowest BCUT2D eigenvalue weighted by Crippen LogP contribution is -2.43. The van der Waals surface area contributed by atoms with Gasteiger partial charge in [0.25, 0.3) is 5.91 Å². The topological polar surface area (TPSA) is 29.5 Å². The number of hydrogen-bond donors (Lipinski definition) is 0. The van der Waals surface area contributed by atoms with Gasteiger partial charge in [-0.3, -0.25) is 4.79 Å². The van der Waals surface area contributed by atoms with E-state index in [1.807, 2.05) is 60.4 Å². The molecule has 3 aromatic rings. The first-order valence-electron chi connectivity index (χ1n) is 8.80. The van der Waals surface area contributed by atoms with Crippen LogP contribution >= 0.6 is 15.9 Å². The number of carbonyl (C=O) groups is 1. The Morgan fingerprint density at radius 3 is 2.69 bits per heavy atom. The molecular weight excluding hydrogens is 390 g/mol. The highest BCUT2D eigenvalue weighted by Crippen LogP contribution is 2.33. The number of amides is 1. The fourth-order valence-corrected chi connectivity index (χ4v) is 4.00. The molecule has 4 heteroatoms. The van der Waals surface area contributed by atoms with Gasteiger partial charge in [0.05, 0.1) is 0 Å². The molecule has 132 valence electrons. The van der Waals surface area contributed by atoms with E-state index in [-0.39, 0.29) is 11.9 Å². The van der Waals surface area contributed by atoms with E-state index >= 15 is 0 Å². The molecule has 3 nitrogen and oxygen atoms in total. The van der Waals surface area contributed by atoms with Gasteiger partial charge in [-0.05, 0) is 66.9 Å². The van der Waals surface area contributed by atoms with E-state index in [0.29, 0.717) is 5.75 Å². The summed E-state index contributed by atoms with van der Waals surface area (Å²) in [6.07, 6.45) is 0.343. The molecule has 0 N–H and O–H groups in total. The van der Waals surface area contributed by atoms with Crippen LogP contribution in [0.3, 0.4) is 0 Å². The number of ether oxygens (including phenoxy) is 1. The van der Waals surface area contributed by atoms with Gasteiger partial charge in [0, 0.05) is 16.2 Å². The van der Waals surface area contributed by atoms with Crippen molar-refractivity contribution < 1.29 is 9.53 Å². The van der Waals surface area contributed by atoms with E-state index < -0.39 is 6.10 Å². The maximum Gasteiger partial charge on any atom is 0.268 e. The van der Waals surface area contributed by atoms with Crippen molar-refractivity contribution in [3.63, 3.8) is 0 Å². The van der Waals surface area contributed by atoms with Crippen LogP contribution in [0.2, 0.25) is 0 Å². The van der Waals surface area contributed by atoms with E-state index in [4.69, 9.17) is 4.74 Å². The molecule has 0 saturated heterocycles. The molecule has 2 atom stereocenters. The van der Waals surface area contributed by atoms with Crippen LogP contribution in [0.25, 0.3) is 10.8 Å². The van der Waals surface area contributed by atoms with Crippen molar-refractivity contribution in [2.75, 3.05) is 4.90 Å². The first-order chi connectivity index (χ1) is 12.5. The zero-order valence-electron chi connectivity index (χ0n) is 14.8. The standard InChI is InChI=1S/C22H20BrNO2/c1-14-11-18-5-3-4-6-21(18)24(14)22(25)15(2)26-20-10-8-16-12-19(23)9-7-17(16)13-20/h3-10,12-15H,11H2,1-2H3/t14-,15+/m0/s1. The molecule has 0 aliphatic carbocycles. The average Bonchev–Trinajstić information content (AvgIpc) is 2.96. The summed E-state index contributed by atoms with van der Waals surface area (Å²) >= 11 is 3.49. The molecule has 1 amide bonds. The summed E-state index contributed by atoms with van der Waals surface area (Å²) < 4.78 is 7.03. The normalized spacial score (nSPS) is 17.2. The third-order valence-electron chi connectivity index (χ3n) is 4.88. The largest absolute Gasteiger partial charge is 0.481 e. The second-order valence-electron chi connectivity index (χ2n) is 6.80. The van der Waals surface area contributed by atoms with Crippen LogP contribution in [0.15, 0.2) is 65.1 Å². The molecular formula is C22H20BrNO2. The lowest BCUT2D eigenvalue weighted by Gasteiger charge is -2.26. The predicted molar refractivity (Wildman–Crippen MR) is 109 cm³/mol. The number of benzene rings is 3. The van der Waals surface area contributed by atoms with Gasteiger partial charge in [-0.15, -0.1) is 0 Å². The highest BCUT2D eigenvalue weighted by molar-refractivity contribution is 9.10. The van der Waals surface area contributed by atoms with Crippen LogP contribution < -0.4 is 9.64 Å². The van der Waals surface area contributed by atoms with E-state index in [1.165, 1.54) is 5.56 Å². The van der Waals surface area contributed by atoms with E-state index in [2.05, 4.69) is 35.0 Å². The molecule has 1 heterocycles. The van der Waals surface area contributed by atoms with Crippen LogP contribution in [0.5, 0.6) is 5.75 Å². The van der Waals surface area contributed by atoms with Crippen molar-refractivity contribution >= 4 is 38.3 Å². The number of fused-ring (bicyclic) bond motifs is 2. The maximum atomic E-state index is 13.0. The summed E-state index contributed by atoms with van der Waals surface area (Å²) in [4.78, 5) is 14.9. The summed E-state index contributed by atoms with van der Waals surface area (Å²) in [6, 6.07) is 20.3. The van der Waals surface area contributed by atoms with Crippen molar-refractivity contribution in [3.05, 3.63) is 70.7 Å². The Labute approximate surface area is 161 Å². The predicted octanol–water partition coefficient (Wildman–Crippen LogP) is 5.35. The SMILES string of the molecule is C[C@@H](Oc1ccc2cc(Br)ccc2c1)C(=O)N1c2ccccc2C[C@@H]1C. The second-order valence-corrected chi connectivity index (χ2v) is 7.72. The summed E-state index contributed by atoms with van der Waals surface area (Å²) in [5, 5.41) is 2.22. The third-order valence-corrected chi connectivity index (χ3v) is 5.37. The summed E-state index contributed by atoms with van der Waals surface area (Å²) in [7, 11) is 0. The Bertz CT molecular complexity index is 985. The van der Waals surface area contributed by atoms with Crippen LogP contribution in [0, 0.1) is 0 Å². The summed E-state index contributed by atoms with van der Waals surface area (Å²) in [5.74, 6) is 0.708. The lowest BCUT2D eigenvalue weighted by atomic mass is 10.1. The van der Waals surface area contributed by atoms with Crippen molar-refractivity contribution in [1.29, 1.82) is 0 Å². The molecule has 4 rings (SSSR count). The summed E-state index contributed by atoms with van der Waals surface area (Å²) in [6.45, 7) is 3.90. The molecule has 3 aromatic carbocycles. The molecule has 0 radical (unpaired) electrons. The second kappa shape index (κ2) is 6.76. The van der Waals surface area contributed by atoms with Crippen molar-refractivity contribution in [3.8, 4) is 5.75 Å². The van der Waals surface area contributed by atoms with E-state index in [9.17, 15) is 4.79 Å². The molecule has 1 aliphatic rings. The van der Waals surface area contributed by atoms with Gasteiger partial charge in [-0.2, -0.15) is 0 Å². The minimum absolute atomic E-state index is 0.00152. The lowest BCUT2D eigenvalue weighted by molar-refractivity contribution is -0.124. The zero-order chi connectivity index (χ0) is 18.3. The Kier molecular flexibility index (Phi) is 4.45. The molecule has 26 heavy (non-hydrogen) atoms. The van der Waals surface area contributed by atoms with Gasteiger partial charge in [-0.1, -0.05) is 46.3 Å². The minimum Gasteiger partial charge on any atom is -0.481 e. The van der Waals surface area contributed by atoms with E-state index in [0.717, 1.165) is 27.4 Å². The van der Waals surface area contributed by atoms with Crippen molar-refractivity contribution in [1.82, 2.24) is 0 Å². The minimum atomic E-state index is -0.545. The monoisotopic (exact) mass is 409 g/mol. The van der Waals surface area contributed by atoms with Crippen LogP contribution in [0.4, 0.5) is 5.69 Å². The number of hydrogen-bond acceptors (Lipinski definition) is 2. The van der Waals surface area contributed by atoms with Crippen molar-refractivity contribution in [2.24, 2.45) is 0 Å². The number of anilines is 1. The first kappa shape index (κ1) is 17.1. The number of para-hydroxylation sites is 1. The van der Waals surface area contributed by atoms with Gasteiger partial charge >= 0.3 is 0 Å². The number of nitrogens with zero attached hydrogens (tertiary/aromatic N) is 1. The van der Waals surface area contributed by atoms with Gasteiger partial charge in [0.2, 0.25) is 0 Å². The molecule has 0 saturated carbocycles. The van der Waals surface area contributed by atoms with Gasteiger partial charge < -0.3 is 9.64 Å².